The summed E-state index contributed by atoms with van der Waals surface area (Å²) in [6, 6.07) is 6.81. The Morgan fingerprint density at radius 1 is 1.24 bits per heavy atom. The smallest absolute Gasteiger partial charge is 0.251 e. The van der Waals surface area contributed by atoms with E-state index in [1.165, 1.54) is 11.1 Å². The average Bonchev–Trinajstić information content (AvgIpc) is 2.52. The summed E-state index contributed by atoms with van der Waals surface area (Å²) in [4.78, 5) is 12.1. The topological polar surface area (TPSA) is 41.1 Å². The fourth-order valence-electron chi connectivity index (χ4n) is 3.24. The van der Waals surface area contributed by atoms with Gasteiger partial charge in [0.15, 0.2) is 0 Å². The summed E-state index contributed by atoms with van der Waals surface area (Å²) in [5, 5.41) is 6.62. The Morgan fingerprint density at radius 3 is 2.67 bits per heavy atom. The molecule has 0 radical (unpaired) electrons. The van der Waals surface area contributed by atoms with Crippen LogP contribution in [0.2, 0.25) is 0 Å². The number of hydrogen-bond donors (Lipinski definition) is 2. The third-order valence-corrected chi connectivity index (χ3v) is 4.55. The lowest BCUT2D eigenvalue weighted by Crippen LogP contribution is -2.33. The maximum Gasteiger partial charge on any atom is 0.251 e. The molecule has 1 aliphatic heterocycles. The number of fused-ring (bicyclic) bond motifs is 1. The van der Waals surface area contributed by atoms with Gasteiger partial charge in [-0.3, -0.25) is 4.79 Å². The molecule has 1 amide bonds. The van der Waals surface area contributed by atoms with Gasteiger partial charge >= 0.3 is 0 Å². The van der Waals surface area contributed by atoms with Crippen LogP contribution >= 0.6 is 0 Å². The van der Waals surface area contributed by atoms with Gasteiger partial charge in [-0.15, -0.1) is 0 Å². The Kier molecular flexibility index (Phi) is 5.80. The molecule has 0 aliphatic carbocycles. The van der Waals surface area contributed by atoms with Crippen LogP contribution < -0.4 is 10.6 Å². The van der Waals surface area contributed by atoms with E-state index in [-0.39, 0.29) is 5.91 Å². The van der Waals surface area contributed by atoms with Crippen LogP contribution in [0.5, 0.6) is 0 Å². The third-order valence-electron chi connectivity index (χ3n) is 4.55. The van der Waals surface area contributed by atoms with Crippen molar-refractivity contribution in [2.45, 2.75) is 52.5 Å². The van der Waals surface area contributed by atoms with Crippen LogP contribution in [0.25, 0.3) is 0 Å². The maximum atomic E-state index is 12.1. The van der Waals surface area contributed by atoms with Gasteiger partial charge in [-0.2, -0.15) is 0 Å². The van der Waals surface area contributed by atoms with Crippen molar-refractivity contribution in [3.8, 4) is 0 Å². The molecular weight excluding hydrogens is 260 g/mol. The minimum atomic E-state index is 0.0805. The van der Waals surface area contributed by atoms with Crippen LogP contribution in [0.3, 0.4) is 0 Å². The minimum Gasteiger partial charge on any atom is -0.352 e. The molecule has 3 heteroatoms. The molecule has 0 saturated heterocycles. The Labute approximate surface area is 128 Å². The van der Waals surface area contributed by atoms with Crippen molar-refractivity contribution >= 4 is 5.91 Å². The van der Waals surface area contributed by atoms with E-state index in [9.17, 15) is 4.79 Å². The predicted molar refractivity (Wildman–Crippen MR) is 87.6 cm³/mol. The van der Waals surface area contributed by atoms with E-state index in [0.29, 0.717) is 12.0 Å². The number of benzene rings is 1. The fourth-order valence-corrected chi connectivity index (χ4v) is 3.24. The molecule has 0 bridgehead atoms. The van der Waals surface area contributed by atoms with Gasteiger partial charge in [0.2, 0.25) is 0 Å². The first-order chi connectivity index (χ1) is 10.2. The molecular formula is C18H28N2O. The second-order valence-corrected chi connectivity index (χ2v) is 5.93. The SMILES string of the molecule is CCCNC(c1ccc2c(c1)C(=O)NCC2)C(CC)CC. The number of nitrogens with one attached hydrogen (secondary N) is 2. The third kappa shape index (κ3) is 3.65. The van der Waals surface area contributed by atoms with Crippen molar-refractivity contribution in [3.63, 3.8) is 0 Å². The first-order valence-corrected chi connectivity index (χ1v) is 8.35. The molecule has 2 rings (SSSR count). The Hall–Kier alpha value is -1.35. The van der Waals surface area contributed by atoms with Crippen LogP contribution in [0.15, 0.2) is 18.2 Å². The molecule has 0 spiro atoms. The minimum absolute atomic E-state index is 0.0805. The van der Waals surface area contributed by atoms with Crippen LogP contribution in [-0.4, -0.2) is 19.0 Å². The molecule has 0 aromatic heterocycles. The summed E-state index contributed by atoms with van der Waals surface area (Å²) < 4.78 is 0. The molecule has 3 nitrogen and oxygen atoms in total. The molecule has 1 aromatic rings. The van der Waals surface area contributed by atoms with E-state index >= 15 is 0 Å². The van der Waals surface area contributed by atoms with Crippen molar-refractivity contribution in [3.05, 3.63) is 34.9 Å². The number of hydrogen-bond acceptors (Lipinski definition) is 2. The zero-order valence-corrected chi connectivity index (χ0v) is 13.5. The Balaban J connectivity index is 2.30. The van der Waals surface area contributed by atoms with Crippen molar-refractivity contribution in [2.24, 2.45) is 5.92 Å². The molecule has 1 aromatic carbocycles. The highest BCUT2D eigenvalue weighted by atomic mass is 16.1. The Bertz CT molecular complexity index is 480. The van der Waals surface area contributed by atoms with E-state index in [4.69, 9.17) is 0 Å². The summed E-state index contributed by atoms with van der Waals surface area (Å²) >= 11 is 0. The van der Waals surface area contributed by atoms with Gasteiger partial charge in [0.1, 0.15) is 0 Å². The highest BCUT2D eigenvalue weighted by Crippen LogP contribution is 2.29. The largest absolute Gasteiger partial charge is 0.352 e. The average molecular weight is 288 g/mol. The molecule has 1 atom stereocenters. The first-order valence-electron chi connectivity index (χ1n) is 8.35. The molecule has 0 fully saturated rings. The van der Waals surface area contributed by atoms with Crippen molar-refractivity contribution in [2.75, 3.05) is 13.1 Å². The summed E-state index contributed by atoms with van der Waals surface area (Å²) in [5.74, 6) is 0.693. The van der Waals surface area contributed by atoms with Crippen LogP contribution in [0.1, 0.15) is 67.6 Å². The van der Waals surface area contributed by atoms with Gasteiger partial charge < -0.3 is 10.6 Å². The van der Waals surface area contributed by atoms with E-state index in [2.05, 4.69) is 49.6 Å². The molecule has 1 heterocycles. The fraction of sp³-hybridized carbons (Fsp3) is 0.611. The van der Waals surface area contributed by atoms with Gasteiger partial charge in [0.05, 0.1) is 0 Å². The van der Waals surface area contributed by atoms with Gasteiger partial charge in [-0.25, -0.2) is 0 Å². The summed E-state index contributed by atoms with van der Waals surface area (Å²) in [6.07, 6.45) is 4.38. The highest BCUT2D eigenvalue weighted by Gasteiger charge is 2.23. The molecule has 21 heavy (non-hydrogen) atoms. The van der Waals surface area contributed by atoms with E-state index in [1.54, 1.807) is 0 Å². The highest BCUT2D eigenvalue weighted by molar-refractivity contribution is 5.96. The standard InChI is InChI=1S/C18H28N2O/c1-4-10-19-17(13(5-2)6-3)15-8-7-14-9-11-20-18(21)16(14)12-15/h7-8,12-13,17,19H,4-6,9-11H2,1-3H3,(H,20,21). The van der Waals surface area contributed by atoms with E-state index < -0.39 is 0 Å². The lowest BCUT2D eigenvalue weighted by atomic mass is 9.86. The van der Waals surface area contributed by atoms with Gasteiger partial charge in [0, 0.05) is 18.2 Å². The van der Waals surface area contributed by atoms with Gasteiger partial charge in [-0.1, -0.05) is 45.7 Å². The van der Waals surface area contributed by atoms with Gasteiger partial charge in [0.25, 0.3) is 5.91 Å². The second-order valence-electron chi connectivity index (χ2n) is 5.93. The van der Waals surface area contributed by atoms with Crippen molar-refractivity contribution in [1.82, 2.24) is 10.6 Å². The number of rotatable bonds is 7. The summed E-state index contributed by atoms with van der Waals surface area (Å²) in [5.41, 5.74) is 3.31. The zero-order chi connectivity index (χ0) is 15.2. The quantitative estimate of drug-likeness (QED) is 0.807. The number of carbonyl (C=O) groups excluding carboxylic acids is 1. The molecule has 1 unspecified atom stereocenters. The predicted octanol–water partition coefficient (Wildman–Crippen LogP) is 3.45. The summed E-state index contributed by atoms with van der Waals surface area (Å²) in [7, 11) is 0. The van der Waals surface area contributed by atoms with E-state index in [0.717, 1.165) is 44.3 Å². The van der Waals surface area contributed by atoms with Crippen molar-refractivity contribution in [1.29, 1.82) is 0 Å². The lowest BCUT2D eigenvalue weighted by Gasteiger charge is -2.28. The first kappa shape index (κ1) is 16.0. The molecule has 0 saturated carbocycles. The van der Waals surface area contributed by atoms with Crippen LogP contribution in [0, 0.1) is 5.92 Å². The van der Waals surface area contributed by atoms with Crippen molar-refractivity contribution < 1.29 is 4.79 Å². The zero-order valence-electron chi connectivity index (χ0n) is 13.5. The lowest BCUT2D eigenvalue weighted by molar-refractivity contribution is 0.0946. The normalized spacial score (nSPS) is 15.7. The molecule has 1 aliphatic rings. The monoisotopic (exact) mass is 288 g/mol. The van der Waals surface area contributed by atoms with E-state index in [1.807, 2.05) is 0 Å². The van der Waals surface area contributed by atoms with Crippen LogP contribution in [-0.2, 0) is 6.42 Å². The number of amides is 1. The number of carbonyl (C=O) groups is 1. The van der Waals surface area contributed by atoms with Crippen LogP contribution in [0.4, 0.5) is 0 Å². The molecule has 2 N–H and O–H groups in total. The second kappa shape index (κ2) is 7.60. The maximum absolute atomic E-state index is 12.1. The Morgan fingerprint density at radius 2 is 2.00 bits per heavy atom. The van der Waals surface area contributed by atoms with Gasteiger partial charge in [-0.05, 0) is 42.5 Å². The molecule has 116 valence electrons. The summed E-state index contributed by atoms with van der Waals surface area (Å²) in [6.45, 7) is 8.47.